The van der Waals surface area contributed by atoms with Crippen LogP contribution in [0.2, 0.25) is 0 Å². The summed E-state index contributed by atoms with van der Waals surface area (Å²) in [5.74, 6) is 0.376. The van der Waals surface area contributed by atoms with Crippen molar-refractivity contribution >= 4 is 17.4 Å². The van der Waals surface area contributed by atoms with Gasteiger partial charge in [0, 0.05) is 68.6 Å². The van der Waals surface area contributed by atoms with Crippen molar-refractivity contribution in [1.82, 2.24) is 14.7 Å². The number of nitrogens with zero attached hydrogens (tertiary/aromatic N) is 4. The molecule has 0 spiro atoms. The van der Waals surface area contributed by atoms with E-state index < -0.39 is 0 Å². The molecule has 6 heteroatoms. The molecule has 2 heterocycles. The fraction of sp³-hybridized carbons (Fsp3) is 0.667. The van der Waals surface area contributed by atoms with Gasteiger partial charge in [-0.2, -0.15) is 0 Å². The number of ketones is 1. The molecule has 164 valence electrons. The Kier molecular flexibility index (Phi) is 6.44. The molecule has 2 saturated heterocycles. The summed E-state index contributed by atoms with van der Waals surface area (Å²) in [6.07, 6.45) is 4.04. The summed E-state index contributed by atoms with van der Waals surface area (Å²) in [5, 5.41) is 0. The van der Waals surface area contributed by atoms with Crippen LogP contribution in [0.3, 0.4) is 0 Å². The normalized spacial score (nSPS) is 26.5. The predicted molar refractivity (Wildman–Crippen MR) is 120 cm³/mol. The van der Waals surface area contributed by atoms with E-state index in [0.29, 0.717) is 18.6 Å². The second kappa shape index (κ2) is 9.06. The number of rotatable bonds is 5. The first kappa shape index (κ1) is 21.3. The molecule has 2 aliphatic heterocycles. The van der Waals surface area contributed by atoms with Crippen molar-refractivity contribution in [2.75, 3.05) is 50.7 Å². The van der Waals surface area contributed by atoms with Crippen LogP contribution in [0.25, 0.3) is 0 Å². The van der Waals surface area contributed by atoms with Crippen molar-refractivity contribution in [3.05, 3.63) is 29.8 Å². The van der Waals surface area contributed by atoms with Gasteiger partial charge in [-0.25, -0.2) is 0 Å². The van der Waals surface area contributed by atoms with Gasteiger partial charge in [0.2, 0.25) is 5.91 Å². The van der Waals surface area contributed by atoms with Crippen LogP contribution in [0, 0.1) is 0 Å². The highest BCUT2D eigenvalue weighted by molar-refractivity contribution is 5.94. The fourth-order valence-corrected chi connectivity index (χ4v) is 5.13. The maximum absolute atomic E-state index is 13.0. The third-order valence-corrected chi connectivity index (χ3v) is 7.32. The third-order valence-electron chi connectivity index (χ3n) is 7.32. The van der Waals surface area contributed by atoms with Crippen LogP contribution in [0.15, 0.2) is 24.3 Å². The van der Waals surface area contributed by atoms with Crippen LogP contribution in [-0.4, -0.2) is 90.3 Å². The van der Waals surface area contributed by atoms with Crippen LogP contribution in [0.5, 0.6) is 0 Å². The van der Waals surface area contributed by atoms with E-state index in [9.17, 15) is 9.59 Å². The third kappa shape index (κ3) is 4.54. The Morgan fingerprint density at radius 2 is 1.53 bits per heavy atom. The molecule has 3 aliphatic rings. The van der Waals surface area contributed by atoms with Crippen LogP contribution >= 0.6 is 0 Å². The molecular weight excluding hydrogens is 376 g/mol. The Balaban J connectivity index is 1.30. The highest BCUT2D eigenvalue weighted by Crippen LogP contribution is 2.26. The SMILES string of the molecule is CC(=O)c1ccc(N2CC(C)N(CC(=O)N3CCN(C4CCC4)CC3)C(C)C2)cc1. The Bertz CT molecular complexity index is 741. The lowest BCUT2D eigenvalue weighted by atomic mass is 9.91. The zero-order valence-corrected chi connectivity index (χ0v) is 18.7. The summed E-state index contributed by atoms with van der Waals surface area (Å²) in [5.41, 5.74) is 1.90. The van der Waals surface area contributed by atoms with Crippen LogP contribution in [-0.2, 0) is 4.79 Å². The molecule has 1 aromatic rings. The van der Waals surface area contributed by atoms with E-state index in [2.05, 4.69) is 33.4 Å². The van der Waals surface area contributed by atoms with E-state index in [1.807, 2.05) is 24.3 Å². The minimum absolute atomic E-state index is 0.0973. The van der Waals surface area contributed by atoms with E-state index >= 15 is 0 Å². The largest absolute Gasteiger partial charge is 0.368 e. The summed E-state index contributed by atoms with van der Waals surface area (Å²) in [6.45, 7) is 12.2. The van der Waals surface area contributed by atoms with Crippen LogP contribution in [0.1, 0.15) is 50.4 Å². The molecular formula is C24H36N4O2. The monoisotopic (exact) mass is 412 g/mol. The molecule has 6 nitrogen and oxygen atoms in total. The quantitative estimate of drug-likeness (QED) is 0.696. The minimum atomic E-state index is 0.0973. The van der Waals surface area contributed by atoms with Gasteiger partial charge in [-0.15, -0.1) is 0 Å². The zero-order chi connectivity index (χ0) is 21.3. The van der Waals surface area contributed by atoms with Crippen molar-refractivity contribution in [1.29, 1.82) is 0 Å². The molecule has 1 saturated carbocycles. The van der Waals surface area contributed by atoms with E-state index in [4.69, 9.17) is 0 Å². The number of hydrogen-bond acceptors (Lipinski definition) is 5. The van der Waals surface area contributed by atoms with E-state index in [1.165, 1.54) is 19.3 Å². The van der Waals surface area contributed by atoms with Gasteiger partial charge in [0.05, 0.1) is 6.54 Å². The van der Waals surface area contributed by atoms with Gasteiger partial charge >= 0.3 is 0 Å². The predicted octanol–water partition coefficient (Wildman–Crippen LogP) is 2.48. The lowest BCUT2D eigenvalue weighted by Crippen LogP contribution is -2.60. The highest BCUT2D eigenvalue weighted by Gasteiger charge is 2.34. The number of anilines is 1. The Morgan fingerprint density at radius 1 is 0.933 bits per heavy atom. The van der Waals surface area contributed by atoms with E-state index in [1.54, 1.807) is 6.92 Å². The van der Waals surface area contributed by atoms with Gasteiger partial charge in [0.25, 0.3) is 0 Å². The molecule has 1 amide bonds. The van der Waals surface area contributed by atoms with Gasteiger partial charge in [-0.05, 0) is 57.9 Å². The smallest absolute Gasteiger partial charge is 0.236 e. The van der Waals surface area contributed by atoms with Crippen LogP contribution in [0.4, 0.5) is 5.69 Å². The average Bonchev–Trinajstić information content (AvgIpc) is 2.69. The molecule has 0 radical (unpaired) electrons. The maximum atomic E-state index is 13.0. The summed E-state index contributed by atoms with van der Waals surface area (Å²) < 4.78 is 0. The number of carbonyl (C=O) groups excluding carboxylic acids is 2. The minimum Gasteiger partial charge on any atom is -0.368 e. The molecule has 1 aromatic carbocycles. The summed E-state index contributed by atoms with van der Waals surface area (Å²) in [4.78, 5) is 33.9. The first-order valence-electron chi connectivity index (χ1n) is 11.6. The number of hydrogen-bond donors (Lipinski definition) is 0. The first-order valence-corrected chi connectivity index (χ1v) is 11.6. The lowest BCUT2D eigenvalue weighted by molar-refractivity contribution is -0.136. The molecule has 0 bridgehead atoms. The van der Waals surface area contributed by atoms with Gasteiger partial charge in [0.15, 0.2) is 5.78 Å². The van der Waals surface area contributed by atoms with Gasteiger partial charge in [0.1, 0.15) is 0 Å². The van der Waals surface area contributed by atoms with Crippen molar-refractivity contribution < 1.29 is 9.59 Å². The molecule has 2 atom stereocenters. The molecule has 0 N–H and O–H groups in total. The second-order valence-corrected chi connectivity index (χ2v) is 9.38. The Labute approximate surface area is 180 Å². The molecule has 1 aliphatic carbocycles. The summed E-state index contributed by atoms with van der Waals surface area (Å²) in [7, 11) is 0. The van der Waals surface area contributed by atoms with Crippen LogP contribution < -0.4 is 4.90 Å². The Hall–Kier alpha value is -1.92. The first-order chi connectivity index (χ1) is 14.4. The number of carbonyl (C=O) groups is 2. The molecule has 30 heavy (non-hydrogen) atoms. The maximum Gasteiger partial charge on any atom is 0.236 e. The van der Waals surface area contributed by atoms with Gasteiger partial charge in [-0.3, -0.25) is 19.4 Å². The number of piperazine rings is 2. The second-order valence-electron chi connectivity index (χ2n) is 9.38. The van der Waals surface area contributed by atoms with E-state index in [0.717, 1.165) is 56.6 Å². The van der Waals surface area contributed by atoms with Crippen molar-refractivity contribution in [3.8, 4) is 0 Å². The summed E-state index contributed by atoms with van der Waals surface area (Å²) >= 11 is 0. The Morgan fingerprint density at radius 3 is 2.03 bits per heavy atom. The number of amides is 1. The van der Waals surface area contributed by atoms with Crippen molar-refractivity contribution in [2.45, 2.75) is 58.2 Å². The lowest BCUT2D eigenvalue weighted by Gasteiger charge is -2.46. The van der Waals surface area contributed by atoms with E-state index in [-0.39, 0.29) is 11.7 Å². The topological polar surface area (TPSA) is 47.1 Å². The molecule has 3 fully saturated rings. The van der Waals surface area contributed by atoms with Gasteiger partial charge < -0.3 is 9.80 Å². The average molecular weight is 413 g/mol. The highest BCUT2D eigenvalue weighted by atomic mass is 16.2. The summed E-state index contributed by atoms with van der Waals surface area (Å²) in [6, 6.07) is 9.29. The van der Waals surface area contributed by atoms with Crippen molar-refractivity contribution in [2.24, 2.45) is 0 Å². The van der Waals surface area contributed by atoms with Gasteiger partial charge in [-0.1, -0.05) is 6.42 Å². The zero-order valence-electron chi connectivity index (χ0n) is 18.7. The fourth-order valence-electron chi connectivity index (χ4n) is 5.13. The standard InChI is InChI=1S/C24H36N4O2/c1-18-15-27(23-9-7-21(8-10-23)20(3)29)16-19(2)28(18)17-24(30)26-13-11-25(12-14-26)22-5-4-6-22/h7-10,18-19,22H,4-6,11-17H2,1-3H3. The number of Topliss-reactive ketones (excluding diaryl/α,β-unsaturated/α-hetero) is 1. The number of benzene rings is 1. The molecule has 4 rings (SSSR count). The molecule has 0 aromatic heterocycles. The molecule has 2 unspecified atom stereocenters. The van der Waals surface area contributed by atoms with Crippen molar-refractivity contribution in [3.63, 3.8) is 0 Å².